The van der Waals surface area contributed by atoms with Gasteiger partial charge in [0, 0.05) is 24.3 Å². The molecule has 0 unspecified atom stereocenters. The second kappa shape index (κ2) is 7.72. The minimum Gasteiger partial charge on any atom is -0.460 e. The Morgan fingerprint density at radius 3 is 2.52 bits per heavy atom. The predicted octanol–water partition coefficient (Wildman–Crippen LogP) is 3.63. The lowest BCUT2D eigenvalue weighted by atomic mass is 10.1. The summed E-state index contributed by atoms with van der Waals surface area (Å²) in [4.78, 5) is 28.1. The van der Waals surface area contributed by atoms with Crippen LogP contribution in [0.4, 0.5) is 4.79 Å². The molecule has 2 rings (SSSR count). The summed E-state index contributed by atoms with van der Waals surface area (Å²) in [6, 6.07) is 0.280. The number of ether oxygens (including phenoxy) is 2. The highest BCUT2D eigenvalue weighted by atomic mass is 32.1. The lowest BCUT2D eigenvalue weighted by Crippen LogP contribution is -2.37. The number of nitrogens with one attached hydrogen (secondary N) is 1. The molecule has 25 heavy (non-hydrogen) atoms. The number of aromatic nitrogens is 1. The van der Waals surface area contributed by atoms with Crippen molar-refractivity contribution in [2.45, 2.75) is 84.0 Å². The van der Waals surface area contributed by atoms with Gasteiger partial charge in [0.2, 0.25) is 0 Å². The Balaban J connectivity index is 1.79. The Hall–Kier alpha value is -1.63. The molecule has 1 amide bonds. The van der Waals surface area contributed by atoms with E-state index in [1.165, 1.54) is 11.3 Å². The first-order chi connectivity index (χ1) is 11.5. The summed E-state index contributed by atoms with van der Waals surface area (Å²) < 4.78 is 10.8. The number of rotatable bonds is 7. The minimum absolute atomic E-state index is 0.220. The summed E-state index contributed by atoms with van der Waals surface area (Å²) in [5.41, 5.74) is -0.226. The van der Waals surface area contributed by atoms with Crippen molar-refractivity contribution in [2.75, 3.05) is 0 Å². The molecule has 7 heteroatoms. The van der Waals surface area contributed by atoms with Crippen LogP contribution in [0, 0.1) is 0 Å². The van der Waals surface area contributed by atoms with Gasteiger partial charge in [-0.1, -0.05) is 0 Å². The Bertz CT molecular complexity index is 615. The molecule has 0 bridgehead atoms. The van der Waals surface area contributed by atoms with Gasteiger partial charge >= 0.3 is 12.1 Å². The van der Waals surface area contributed by atoms with Gasteiger partial charge in [-0.25, -0.2) is 9.78 Å². The number of alkyl carbamates (subject to hydrolysis) is 1. The molecule has 1 aromatic rings. The van der Waals surface area contributed by atoms with Crippen LogP contribution in [0.2, 0.25) is 0 Å². The first kappa shape index (κ1) is 19.7. The van der Waals surface area contributed by atoms with Crippen LogP contribution >= 0.6 is 11.3 Å². The molecule has 0 saturated heterocycles. The van der Waals surface area contributed by atoms with Crippen molar-refractivity contribution < 1.29 is 19.1 Å². The van der Waals surface area contributed by atoms with E-state index >= 15 is 0 Å². The van der Waals surface area contributed by atoms with Crippen LogP contribution in [0.25, 0.3) is 0 Å². The number of hydrogen-bond donors (Lipinski definition) is 1. The fraction of sp³-hybridized carbons (Fsp3) is 0.722. The van der Waals surface area contributed by atoms with Gasteiger partial charge in [-0.2, -0.15) is 0 Å². The topological polar surface area (TPSA) is 77.5 Å². The maximum atomic E-state index is 11.8. The SMILES string of the molecule is CC(C)(C)OC(=O)CCc1csc(CC(C)(C)OC(=O)NC2CC2)n1. The van der Waals surface area contributed by atoms with Crippen LogP contribution in [0.15, 0.2) is 5.38 Å². The summed E-state index contributed by atoms with van der Waals surface area (Å²) in [6.07, 6.45) is 3.10. The molecule has 1 heterocycles. The third kappa shape index (κ3) is 7.86. The number of nitrogens with zero attached hydrogens (tertiary/aromatic N) is 1. The summed E-state index contributed by atoms with van der Waals surface area (Å²) >= 11 is 1.52. The van der Waals surface area contributed by atoms with E-state index in [0.29, 0.717) is 19.3 Å². The highest BCUT2D eigenvalue weighted by molar-refractivity contribution is 7.09. The van der Waals surface area contributed by atoms with Gasteiger partial charge in [0.15, 0.2) is 0 Å². The number of carbonyl (C=O) groups is 2. The minimum atomic E-state index is -0.626. The summed E-state index contributed by atoms with van der Waals surface area (Å²) in [7, 11) is 0. The molecule has 1 N–H and O–H groups in total. The van der Waals surface area contributed by atoms with Crippen molar-refractivity contribution in [3.8, 4) is 0 Å². The Kier molecular flexibility index (Phi) is 6.08. The second-order valence-corrected chi connectivity index (χ2v) is 9.01. The number of esters is 1. The smallest absolute Gasteiger partial charge is 0.407 e. The van der Waals surface area contributed by atoms with E-state index < -0.39 is 11.2 Å². The molecule has 0 atom stereocenters. The van der Waals surface area contributed by atoms with Crippen LogP contribution in [0.5, 0.6) is 0 Å². The van der Waals surface area contributed by atoms with Gasteiger partial charge in [0.1, 0.15) is 11.2 Å². The normalized spacial score (nSPS) is 14.9. The lowest BCUT2D eigenvalue weighted by molar-refractivity contribution is -0.154. The van der Waals surface area contributed by atoms with Gasteiger partial charge in [-0.3, -0.25) is 4.79 Å². The summed E-state index contributed by atoms with van der Waals surface area (Å²) in [6.45, 7) is 9.32. The second-order valence-electron chi connectivity index (χ2n) is 8.06. The van der Waals surface area contributed by atoms with Crippen molar-refractivity contribution in [3.63, 3.8) is 0 Å². The molecular formula is C18H28N2O4S. The fourth-order valence-corrected chi connectivity index (χ4v) is 3.29. The summed E-state index contributed by atoms with van der Waals surface area (Å²) in [5.74, 6) is -0.220. The maximum Gasteiger partial charge on any atom is 0.407 e. The van der Waals surface area contributed by atoms with Crippen molar-refractivity contribution >= 4 is 23.4 Å². The van der Waals surface area contributed by atoms with Crippen LogP contribution in [-0.2, 0) is 27.1 Å². The lowest BCUT2D eigenvalue weighted by Gasteiger charge is -2.24. The van der Waals surface area contributed by atoms with E-state index in [4.69, 9.17) is 9.47 Å². The molecule has 0 spiro atoms. The zero-order valence-corrected chi connectivity index (χ0v) is 16.5. The third-order valence-corrected chi connectivity index (χ3v) is 4.35. The largest absolute Gasteiger partial charge is 0.460 e. The molecular weight excluding hydrogens is 340 g/mol. The zero-order chi connectivity index (χ0) is 18.7. The quantitative estimate of drug-likeness (QED) is 0.744. The highest BCUT2D eigenvalue weighted by Crippen LogP contribution is 2.23. The van der Waals surface area contributed by atoms with Crippen LogP contribution in [-0.4, -0.2) is 34.3 Å². The van der Waals surface area contributed by atoms with E-state index in [2.05, 4.69) is 10.3 Å². The molecule has 0 radical (unpaired) electrons. The molecule has 1 aliphatic carbocycles. The maximum absolute atomic E-state index is 11.8. The van der Waals surface area contributed by atoms with Gasteiger partial charge in [0.25, 0.3) is 0 Å². The molecule has 1 aliphatic rings. The van der Waals surface area contributed by atoms with E-state index in [1.54, 1.807) is 0 Å². The Morgan fingerprint density at radius 2 is 1.92 bits per heavy atom. The molecule has 0 aromatic carbocycles. The first-order valence-electron chi connectivity index (χ1n) is 8.67. The number of aryl methyl sites for hydroxylation is 1. The van der Waals surface area contributed by atoms with Gasteiger partial charge in [-0.15, -0.1) is 11.3 Å². The average molecular weight is 368 g/mol. The number of hydrogen-bond acceptors (Lipinski definition) is 6. The Labute approximate surface area is 153 Å². The van der Waals surface area contributed by atoms with Gasteiger partial charge in [0.05, 0.1) is 17.1 Å². The van der Waals surface area contributed by atoms with E-state index in [1.807, 2.05) is 40.0 Å². The van der Waals surface area contributed by atoms with Crippen molar-refractivity contribution in [1.29, 1.82) is 0 Å². The molecule has 0 aliphatic heterocycles. The Morgan fingerprint density at radius 1 is 1.24 bits per heavy atom. The van der Waals surface area contributed by atoms with Gasteiger partial charge in [-0.05, 0) is 47.5 Å². The highest BCUT2D eigenvalue weighted by Gasteiger charge is 2.29. The standard InChI is InChI=1S/C18H28N2O4S/c1-17(2,3)23-15(21)9-8-13-11-25-14(19-13)10-18(4,5)24-16(22)20-12-6-7-12/h11-12H,6-10H2,1-5H3,(H,20,22). The number of amides is 1. The van der Waals surface area contributed by atoms with Crippen molar-refractivity contribution in [2.24, 2.45) is 0 Å². The molecule has 1 fully saturated rings. The molecule has 140 valence electrons. The molecule has 1 saturated carbocycles. The van der Waals surface area contributed by atoms with Crippen LogP contribution in [0.1, 0.15) is 64.6 Å². The van der Waals surface area contributed by atoms with Crippen molar-refractivity contribution in [1.82, 2.24) is 10.3 Å². The van der Waals surface area contributed by atoms with E-state index in [-0.39, 0.29) is 18.1 Å². The molecule has 6 nitrogen and oxygen atoms in total. The first-order valence-corrected chi connectivity index (χ1v) is 9.55. The van der Waals surface area contributed by atoms with Crippen LogP contribution < -0.4 is 5.32 Å². The predicted molar refractivity (Wildman–Crippen MR) is 96.7 cm³/mol. The van der Waals surface area contributed by atoms with Gasteiger partial charge < -0.3 is 14.8 Å². The molecule has 1 aromatic heterocycles. The van der Waals surface area contributed by atoms with Crippen molar-refractivity contribution in [3.05, 3.63) is 16.1 Å². The van der Waals surface area contributed by atoms with Crippen LogP contribution in [0.3, 0.4) is 0 Å². The van der Waals surface area contributed by atoms with E-state index in [0.717, 1.165) is 23.5 Å². The third-order valence-electron chi connectivity index (χ3n) is 3.45. The fourth-order valence-electron chi connectivity index (χ4n) is 2.24. The van der Waals surface area contributed by atoms with E-state index in [9.17, 15) is 9.59 Å². The zero-order valence-electron chi connectivity index (χ0n) is 15.7. The monoisotopic (exact) mass is 368 g/mol. The average Bonchev–Trinajstić information content (AvgIpc) is 3.11. The number of carbonyl (C=O) groups excluding carboxylic acids is 2. The number of thiazole rings is 1. The summed E-state index contributed by atoms with van der Waals surface area (Å²) in [5, 5.41) is 5.66.